The summed E-state index contributed by atoms with van der Waals surface area (Å²) >= 11 is 5.32. The van der Waals surface area contributed by atoms with Crippen LogP contribution in [0.25, 0.3) is 10.8 Å². The summed E-state index contributed by atoms with van der Waals surface area (Å²) in [5, 5.41) is 2.46. The van der Waals surface area contributed by atoms with Gasteiger partial charge in [0.05, 0.1) is 6.04 Å². The van der Waals surface area contributed by atoms with Crippen LogP contribution in [0.2, 0.25) is 0 Å². The predicted molar refractivity (Wildman–Crippen MR) is 91.5 cm³/mol. The summed E-state index contributed by atoms with van der Waals surface area (Å²) in [6, 6.07) is 14.9. The fraction of sp³-hybridized carbons (Fsp3) is 0.176. The molecule has 0 aliphatic rings. The second kappa shape index (κ2) is 5.32. The molecule has 1 aromatic heterocycles. The van der Waals surface area contributed by atoms with Gasteiger partial charge >= 0.3 is 0 Å². The highest BCUT2D eigenvalue weighted by Gasteiger charge is 2.14. The van der Waals surface area contributed by atoms with Gasteiger partial charge in [-0.2, -0.15) is 0 Å². The van der Waals surface area contributed by atoms with Crippen LogP contribution in [0.5, 0.6) is 0 Å². The molecule has 0 spiro atoms. The van der Waals surface area contributed by atoms with Crippen LogP contribution in [0.3, 0.4) is 0 Å². The summed E-state index contributed by atoms with van der Waals surface area (Å²) in [7, 11) is 0. The molecule has 3 aromatic rings. The molecule has 3 heteroatoms. The Labute approximate surface area is 131 Å². The van der Waals surface area contributed by atoms with E-state index in [2.05, 4.69) is 72.2 Å². The monoisotopic (exact) mass is 345 g/mol. The van der Waals surface area contributed by atoms with E-state index in [4.69, 9.17) is 5.73 Å². The number of benzene rings is 2. The Morgan fingerprint density at radius 2 is 1.70 bits per heavy atom. The number of hydrogen-bond donors (Lipinski definition) is 1. The topological polar surface area (TPSA) is 26.0 Å². The van der Waals surface area contributed by atoms with E-state index in [1.165, 1.54) is 31.7 Å². The van der Waals surface area contributed by atoms with Gasteiger partial charge in [0.2, 0.25) is 0 Å². The number of aryl methyl sites for hydroxylation is 2. The lowest BCUT2D eigenvalue weighted by Gasteiger charge is -2.13. The Morgan fingerprint density at radius 3 is 2.40 bits per heavy atom. The van der Waals surface area contributed by atoms with Gasteiger partial charge in [-0.3, -0.25) is 0 Å². The first kappa shape index (κ1) is 13.8. The molecule has 3 rings (SSSR count). The van der Waals surface area contributed by atoms with Crippen molar-refractivity contribution in [1.29, 1.82) is 0 Å². The summed E-state index contributed by atoms with van der Waals surface area (Å²) < 4.78 is 1.10. The third kappa shape index (κ3) is 2.53. The van der Waals surface area contributed by atoms with Crippen molar-refractivity contribution in [3.8, 4) is 0 Å². The largest absolute Gasteiger partial charge is 0.320 e. The van der Waals surface area contributed by atoms with E-state index in [9.17, 15) is 0 Å². The van der Waals surface area contributed by atoms with E-state index < -0.39 is 0 Å². The van der Waals surface area contributed by atoms with Gasteiger partial charge in [0.1, 0.15) is 0 Å². The third-order valence-corrected chi connectivity index (χ3v) is 5.07. The van der Waals surface area contributed by atoms with Crippen molar-refractivity contribution in [3.05, 3.63) is 67.8 Å². The van der Waals surface area contributed by atoms with Crippen molar-refractivity contribution >= 4 is 38.0 Å². The summed E-state index contributed by atoms with van der Waals surface area (Å²) in [6.45, 7) is 4.27. The molecule has 0 saturated carbocycles. The lowest BCUT2D eigenvalue weighted by molar-refractivity contribution is 0.870. The van der Waals surface area contributed by atoms with Crippen molar-refractivity contribution in [2.45, 2.75) is 19.9 Å². The standard InChI is InChI=1S/C17H16BrNS/c1-10-7-16(11(2)20-10)17(19)14-4-3-13-9-15(18)6-5-12(13)8-14/h3-9,17H,19H2,1-2H3. The molecule has 0 bridgehead atoms. The molecule has 0 fully saturated rings. The molecule has 1 atom stereocenters. The molecule has 0 saturated heterocycles. The first-order valence-corrected chi connectivity index (χ1v) is 8.17. The van der Waals surface area contributed by atoms with E-state index in [1.54, 1.807) is 0 Å². The zero-order valence-electron chi connectivity index (χ0n) is 11.5. The van der Waals surface area contributed by atoms with Crippen LogP contribution in [-0.4, -0.2) is 0 Å². The predicted octanol–water partition coefficient (Wildman–Crippen LogP) is 5.33. The summed E-state index contributed by atoms with van der Waals surface area (Å²) in [6.07, 6.45) is 0. The van der Waals surface area contributed by atoms with Crippen LogP contribution in [0.4, 0.5) is 0 Å². The Kier molecular flexibility index (Phi) is 3.67. The first-order valence-electron chi connectivity index (χ1n) is 6.56. The van der Waals surface area contributed by atoms with Gasteiger partial charge < -0.3 is 5.73 Å². The first-order chi connectivity index (χ1) is 9.54. The SMILES string of the molecule is Cc1cc(C(N)c2ccc3cc(Br)ccc3c2)c(C)s1. The van der Waals surface area contributed by atoms with Crippen molar-refractivity contribution in [3.63, 3.8) is 0 Å². The Morgan fingerprint density at radius 1 is 1.00 bits per heavy atom. The minimum atomic E-state index is -0.0482. The maximum atomic E-state index is 6.45. The van der Waals surface area contributed by atoms with E-state index in [1.807, 2.05) is 11.3 Å². The number of halogens is 1. The molecule has 2 aromatic carbocycles. The smallest absolute Gasteiger partial charge is 0.0562 e. The van der Waals surface area contributed by atoms with Crippen LogP contribution in [0, 0.1) is 13.8 Å². The number of hydrogen-bond acceptors (Lipinski definition) is 2. The highest BCUT2D eigenvalue weighted by molar-refractivity contribution is 9.10. The lowest BCUT2D eigenvalue weighted by atomic mass is 9.97. The Bertz CT molecular complexity index is 776. The zero-order chi connectivity index (χ0) is 14.3. The molecule has 0 aliphatic carbocycles. The molecule has 102 valence electrons. The molecule has 20 heavy (non-hydrogen) atoms. The van der Waals surface area contributed by atoms with Crippen LogP contribution >= 0.6 is 27.3 Å². The zero-order valence-corrected chi connectivity index (χ0v) is 13.9. The number of nitrogens with two attached hydrogens (primary N) is 1. The molecule has 0 radical (unpaired) electrons. The van der Waals surface area contributed by atoms with Crippen molar-refractivity contribution < 1.29 is 0 Å². The molecule has 0 amide bonds. The normalized spacial score (nSPS) is 12.8. The maximum Gasteiger partial charge on any atom is 0.0562 e. The van der Waals surface area contributed by atoms with Gasteiger partial charge in [-0.15, -0.1) is 11.3 Å². The molecule has 1 heterocycles. The van der Waals surface area contributed by atoms with Gasteiger partial charge in [0.25, 0.3) is 0 Å². The number of thiophene rings is 1. The fourth-order valence-corrected chi connectivity index (χ4v) is 3.92. The summed E-state index contributed by atoms with van der Waals surface area (Å²) in [4.78, 5) is 2.63. The highest BCUT2D eigenvalue weighted by Crippen LogP contribution is 2.31. The molecule has 1 nitrogen and oxygen atoms in total. The van der Waals surface area contributed by atoms with Gasteiger partial charge in [0, 0.05) is 14.2 Å². The molecular weight excluding hydrogens is 330 g/mol. The van der Waals surface area contributed by atoms with Gasteiger partial charge in [-0.05, 0) is 60.0 Å². The van der Waals surface area contributed by atoms with Crippen LogP contribution in [0.1, 0.15) is 26.9 Å². The van der Waals surface area contributed by atoms with Crippen LogP contribution in [-0.2, 0) is 0 Å². The summed E-state index contributed by atoms with van der Waals surface area (Å²) in [5.41, 5.74) is 8.86. The van der Waals surface area contributed by atoms with E-state index in [0.29, 0.717) is 0 Å². The fourth-order valence-electron chi connectivity index (χ4n) is 2.57. The van der Waals surface area contributed by atoms with Crippen molar-refractivity contribution in [2.24, 2.45) is 5.73 Å². The quantitative estimate of drug-likeness (QED) is 0.667. The average molecular weight is 346 g/mol. The minimum absolute atomic E-state index is 0.0482. The molecule has 2 N–H and O–H groups in total. The van der Waals surface area contributed by atoms with Crippen LogP contribution in [0.15, 0.2) is 46.9 Å². The highest BCUT2D eigenvalue weighted by atomic mass is 79.9. The molecular formula is C17H16BrNS. The maximum absolute atomic E-state index is 6.45. The van der Waals surface area contributed by atoms with Crippen molar-refractivity contribution in [1.82, 2.24) is 0 Å². The van der Waals surface area contributed by atoms with Gasteiger partial charge in [0.15, 0.2) is 0 Å². The van der Waals surface area contributed by atoms with Crippen LogP contribution < -0.4 is 5.73 Å². The van der Waals surface area contributed by atoms with E-state index in [-0.39, 0.29) is 6.04 Å². The third-order valence-electron chi connectivity index (χ3n) is 3.60. The number of rotatable bonds is 2. The van der Waals surface area contributed by atoms with Gasteiger partial charge in [-0.25, -0.2) is 0 Å². The van der Waals surface area contributed by atoms with Crippen molar-refractivity contribution in [2.75, 3.05) is 0 Å². The Hall–Kier alpha value is -1.16. The van der Waals surface area contributed by atoms with Gasteiger partial charge in [-0.1, -0.05) is 34.1 Å². The van der Waals surface area contributed by atoms with E-state index in [0.717, 1.165) is 4.47 Å². The lowest BCUT2D eigenvalue weighted by Crippen LogP contribution is -2.11. The second-order valence-corrected chi connectivity index (χ2v) is 7.47. The number of fused-ring (bicyclic) bond motifs is 1. The minimum Gasteiger partial charge on any atom is -0.320 e. The Balaban J connectivity index is 2.05. The average Bonchev–Trinajstić information content (AvgIpc) is 2.76. The van der Waals surface area contributed by atoms with E-state index >= 15 is 0 Å². The molecule has 1 unspecified atom stereocenters. The summed E-state index contributed by atoms with van der Waals surface area (Å²) in [5.74, 6) is 0. The second-order valence-electron chi connectivity index (χ2n) is 5.10. The molecule has 0 aliphatic heterocycles.